The van der Waals surface area contributed by atoms with E-state index >= 15 is 0 Å². The number of rotatable bonds is 1. The highest BCUT2D eigenvalue weighted by Gasteiger charge is 2.12. The lowest BCUT2D eigenvalue weighted by Gasteiger charge is -1.91. The molecule has 0 radical (unpaired) electrons. The van der Waals surface area contributed by atoms with E-state index in [2.05, 4.69) is 10.2 Å². The molecule has 5 heteroatoms. The number of furan rings is 1. The zero-order chi connectivity index (χ0) is 11.1. The largest absolute Gasteiger partial charge is 0.454 e. The normalized spacial score (nSPS) is 11.1. The van der Waals surface area contributed by atoms with E-state index < -0.39 is 0 Å². The second-order valence-electron chi connectivity index (χ2n) is 3.46. The Morgan fingerprint density at radius 1 is 1.38 bits per heavy atom. The van der Waals surface area contributed by atoms with E-state index in [9.17, 15) is 4.39 Å². The van der Waals surface area contributed by atoms with Gasteiger partial charge in [-0.25, -0.2) is 4.39 Å². The molecule has 4 nitrogen and oxygen atoms in total. The molecule has 80 valence electrons. The minimum atomic E-state index is -0.314. The first kappa shape index (κ1) is 8.96. The molecular formula is C11H8FN3O. The van der Waals surface area contributed by atoms with Gasteiger partial charge in [0.1, 0.15) is 17.1 Å². The topological polar surface area (TPSA) is 67.8 Å². The number of aromatic nitrogens is 2. The number of nitrogens with one attached hydrogen (secondary N) is 1. The first-order chi connectivity index (χ1) is 7.75. The van der Waals surface area contributed by atoms with Crippen LogP contribution in [0.3, 0.4) is 0 Å². The van der Waals surface area contributed by atoms with Crippen molar-refractivity contribution in [3.63, 3.8) is 0 Å². The summed E-state index contributed by atoms with van der Waals surface area (Å²) in [6.07, 6.45) is 1.48. The molecule has 0 saturated heterocycles. The van der Waals surface area contributed by atoms with E-state index in [4.69, 9.17) is 10.2 Å². The van der Waals surface area contributed by atoms with Crippen LogP contribution < -0.4 is 5.73 Å². The predicted molar refractivity (Wildman–Crippen MR) is 58.2 cm³/mol. The zero-order valence-corrected chi connectivity index (χ0v) is 8.20. The molecule has 3 rings (SSSR count). The van der Waals surface area contributed by atoms with Crippen LogP contribution in [-0.4, -0.2) is 10.2 Å². The summed E-state index contributed by atoms with van der Waals surface area (Å²) in [5, 5.41) is 6.93. The van der Waals surface area contributed by atoms with Gasteiger partial charge in [0.25, 0.3) is 0 Å². The Kier molecular flexibility index (Phi) is 1.73. The number of hydrogen-bond acceptors (Lipinski definition) is 3. The van der Waals surface area contributed by atoms with E-state index in [1.54, 1.807) is 18.2 Å². The molecule has 16 heavy (non-hydrogen) atoms. The molecule has 0 aliphatic heterocycles. The number of nitrogens with zero attached hydrogens (tertiary/aromatic N) is 1. The molecule has 0 atom stereocenters. The summed E-state index contributed by atoms with van der Waals surface area (Å²) in [7, 11) is 0. The van der Waals surface area contributed by atoms with Crippen molar-refractivity contribution in [2.24, 2.45) is 0 Å². The minimum absolute atomic E-state index is 0.314. The van der Waals surface area contributed by atoms with Crippen molar-refractivity contribution >= 4 is 16.7 Å². The number of hydrogen-bond donors (Lipinski definition) is 2. The number of halogens is 1. The van der Waals surface area contributed by atoms with Crippen molar-refractivity contribution in [1.82, 2.24) is 10.2 Å². The molecule has 0 aliphatic rings. The second kappa shape index (κ2) is 3.10. The highest BCUT2D eigenvalue weighted by molar-refractivity contribution is 5.84. The molecule has 0 unspecified atom stereocenters. The third-order valence-corrected chi connectivity index (χ3v) is 2.42. The SMILES string of the molecule is Nc1cn[nH]c1-c1cc2c(F)cccc2o1. The standard InChI is InChI=1S/C11H8FN3O/c12-7-2-1-3-9-6(7)4-10(16-9)11-8(13)5-14-15-11/h1-5H,13H2,(H,14,15). The maximum atomic E-state index is 13.4. The summed E-state index contributed by atoms with van der Waals surface area (Å²) in [6.45, 7) is 0. The van der Waals surface area contributed by atoms with Crippen LogP contribution in [0.15, 0.2) is 34.9 Å². The third kappa shape index (κ3) is 1.18. The average molecular weight is 217 g/mol. The van der Waals surface area contributed by atoms with Crippen molar-refractivity contribution in [2.75, 3.05) is 5.73 Å². The van der Waals surface area contributed by atoms with E-state index in [1.807, 2.05) is 0 Å². The van der Waals surface area contributed by atoms with Crippen LogP contribution >= 0.6 is 0 Å². The smallest absolute Gasteiger partial charge is 0.155 e. The lowest BCUT2D eigenvalue weighted by atomic mass is 10.2. The van der Waals surface area contributed by atoms with Crippen LogP contribution in [0.5, 0.6) is 0 Å². The van der Waals surface area contributed by atoms with Crippen molar-refractivity contribution < 1.29 is 8.81 Å². The Balaban J connectivity index is 2.27. The fourth-order valence-corrected chi connectivity index (χ4v) is 1.64. The molecule has 0 amide bonds. The van der Waals surface area contributed by atoms with Crippen LogP contribution in [0, 0.1) is 5.82 Å². The first-order valence-electron chi connectivity index (χ1n) is 4.73. The first-order valence-corrected chi connectivity index (χ1v) is 4.73. The van der Waals surface area contributed by atoms with Gasteiger partial charge in [-0.2, -0.15) is 5.10 Å². The maximum Gasteiger partial charge on any atom is 0.155 e. The van der Waals surface area contributed by atoms with Crippen LogP contribution in [0.1, 0.15) is 0 Å². The Hall–Kier alpha value is -2.30. The number of H-pyrrole nitrogens is 1. The van der Waals surface area contributed by atoms with E-state index in [1.165, 1.54) is 12.3 Å². The highest BCUT2D eigenvalue weighted by Crippen LogP contribution is 2.30. The number of nitrogen functional groups attached to an aromatic ring is 1. The highest BCUT2D eigenvalue weighted by atomic mass is 19.1. The maximum absolute atomic E-state index is 13.4. The molecule has 2 heterocycles. The molecule has 3 N–H and O–H groups in total. The van der Waals surface area contributed by atoms with Gasteiger partial charge in [-0.1, -0.05) is 6.07 Å². The molecule has 0 aliphatic carbocycles. The van der Waals surface area contributed by atoms with Gasteiger partial charge in [0.15, 0.2) is 5.76 Å². The molecule has 2 aromatic heterocycles. The van der Waals surface area contributed by atoms with Crippen molar-refractivity contribution in [3.05, 3.63) is 36.3 Å². The van der Waals surface area contributed by atoms with Crippen LogP contribution in [0.2, 0.25) is 0 Å². The average Bonchev–Trinajstić information content (AvgIpc) is 2.84. The van der Waals surface area contributed by atoms with Gasteiger partial charge >= 0.3 is 0 Å². The molecular weight excluding hydrogens is 209 g/mol. The van der Waals surface area contributed by atoms with Gasteiger partial charge in [0, 0.05) is 0 Å². The lowest BCUT2D eigenvalue weighted by Crippen LogP contribution is -1.84. The van der Waals surface area contributed by atoms with Crippen molar-refractivity contribution in [2.45, 2.75) is 0 Å². The van der Waals surface area contributed by atoms with Crippen molar-refractivity contribution in [3.8, 4) is 11.5 Å². The number of benzene rings is 1. The van der Waals surface area contributed by atoms with E-state index in [-0.39, 0.29) is 5.82 Å². The predicted octanol–water partition coefficient (Wildman–Crippen LogP) is 2.54. The summed E-state index contributed by atoms with van der Waals surface area (Å²) in [6, 6.07) is 6.29. The summed E-state index contributed by atoms with van der Waals surface area (Å²) >= 11 is 0. The minimum Gasteiger partial charge on any atom is -0.454 e. The molecule has 0 bridgehead atoms. The molecule has 0 saturated carbocycles. The molecule has 3 aromatic rings. The summed E-state index contributed by atoms with van der Waals surface area (Å²) in [4.78, 5) is 0. The van der Waals surface area contributed by atoms with E-state index in [0.717, 1.165) is 0 Å². The quantitative estimate of drug-likeness (QED) is 0.658. The third-order valence-electron chi connectivity index (χ3n) is 2.42. The van der Waals surface area contributed by atoms with Crippen LogP contribution in [0.4, 0.5) is 10.1 Å². The van der Waals surface area contributed by atoms with Crippen molar-refractivity contribution in [1.29, 1.82) is 0 Å². The molecule has 0 fully saturated rings. The Bertz CT molecular complexity index is 656. The molecule has 1 aromatic carbocycles. The van der Waals surface area contributed by atoms with Crippen LogP contribution in [-0.2, 0) is 0 Å². The van der Waals surface area contributed by atoms with Gasteiger partial charge in [0.2, 0.25) is 0 Å². The van der Waals surface area contributed by atoms with Gasteiger partial charge in [-0.3, -0.25) is 5.10 Å². The van der Waals surface area contributed by atoms with Gasteiger partial charge < -0.3 is 10.2 Å². The Morgan fingerprint density at radius 2 is 2.25 bits per heavy atom. The zero-order valence-electron chi connectivity index (χ0n) is 8.20. The lowest BCUT2D eigenvalue weighted by molar-refractivity contribution is 0.620. The number of aromatic amines is 1. The molecule has 0 spiro atoms. The van der Waals surface area contributed by atoms with E-state index in [0.29, 0.717) is 28.1 Å². The summed E-state index contributed by atoms with van der Waals surface area (Å²) < 4.78 is 18.9. The fourth-order valence-electron chi connectivity index (χ4n) is 1.64. The Labute approximate surface area is 89.9 Å². The summed E-state index contributed by atoms with van der Waals surface area (Å²) in [5.41, 5.74) is 7.21. The fraction of sp³-hybridized carbons (Fsp3) is 0. The monoisotopic (exact) mass is 217 g/mol. The second-order valence-corrected chi connectivity index (χ2v) is 3.46. The summed E-state index contributed by atoms with van der Waals surface area (Å²) in [5.74, 6) is 0.167. The van der Waals surface area contributed by atoms with Gasteiger partial charge in [-0.05, 0) is 18.2 Å². The number of fused-ring (bicyclic) bond motifs is 1. The Morgan fingerprint density at radius 3 is 2.94 bits per heavy atom. The van der Waals surface area contributed by atoms with Crippen LogP contribution in [0.25, 0.3) is 22.4 Å². The van der Waals surface area contributed by atoms with Gasteiger partial charge in [0.05, 0.1) is 17.3 Å². The number of anilines is 1. The van der Waals surface area contributed by atoms with Gasteiger partial charge in [-0.15, -0.1) is 0 Å². The number of nitrogens with two attached hydrogens (primary N) is 1.